The van der Waals surface area contributed by atoms with Gasteiger partial charge in [-0.1, -0.05) is 19.3 Å². The standard InChI is InChI=1S/C12H23N3O2/c1-9-7-8-11(17-15-9)12(16)14-13-10-5-3-2-4-6-10/h9-11,13,15H,2-8H2,1H3,(H,14,16). The van der Waals surface area contributed by atoms with Crippen LogP contribution in [-0.2, 0) is 9.63 Å². The van der Waals surface area contributed by atoms with E-state index in [9.17, 15) is 4.79 Å². The lowest BCUT2D eigenvalue weighted by Crippen LogP contribution is -2.52. The van der Waals surface area contributed by atoms with Crippen LogP contribution in [0.25, 0.3) is 0 Å². The molecular weight excluding hydrogens is 218 g/mol. The smallest absolute Gasteiger partial charge is 0.265 e. The highest BCUT2D eigenvalue weighted by molar-refractivity contribution is 5.80. The maximum Gasteiger partial charge on any atom is 0.265 e. The highest BCUT2D eigenvalue weighted by atomic mass is 16.7. The van der Waals surface area contributed by atoms with Crippen LogP contribution in [0.4, 0.5) is 0 Å². The molecule has 2 unspecified atom stereocenters. The summed E-state index contributed by atoms with van der Waals surface area (Å²) in [5.74, 6) is -0.0602. The molecule has 2 fully saturated rings. The van der Waals surface area contributed by atoms with E-state index in [0.29, 0.717) is 12.1 Å². The van der Waals surface area contributed by atoms with Crippen molar-refractivity contribution in [3.63, 3.8) is 0 Å². The van der Waals surface area contributed by atoms with E-state index in [0.717, 1.165) is 25.7 Å². The van der Waals surface area contributed by atoms with Crippen molar-refractivity contribution in [1.82, 2.24) is 16.3 Å². The molecule has 1 saturated heterocycles. The molecule has 5 nitrogen and oxygen atoms in total. The van der Waals surface area contributed by atoms with Gasteiger partial charge in [0.05, 0.1) is 0 Å². The quantitative estimate of drug-likeness (QED) is 0.645. The first-order valence-corrected chi connectivity index (χ1v) is 6.72. The van der Waals surface area contributed by atoms with Gasteiger partial charge in [-0.15, -0.1) is 0 Å². The number of hydrazine groups is 1. The molecule has 1 heterocycles. The van der Waals surface area contributed by atoms with Gasteiger partial charge in [0.1, 0.15) is 0 Å². The van der Waals surface area contributed by atoms with E-state index in [-0.39, 0.29) is 12.0 Å². The van der Waals surface area contributed by atoms with E-state index in [1.807, 2.05) is 0 Å². The monoisotopic (exact) mass is 241 g/mol. The molecule has 2 atom stereocenters. The SMILES string of the molecule is CC1CCC(C(=O)NNC2CCCCC2)ON1. The molecule has 0 radical (unpaired) electrons. The molecule has 3 N–H and O–H groups in total. The number of hydrogen-bond acceptors (Lipinski definition) is 4. The Morgan fingerprint density at radius 3 is 2.59 bits per heavy atom. The van der Waals surface area contributed by atoms with E-state index in [1.54, 1.807) is 0 Å². The number of amides is 1. The van der Waals surface area contributed by atoms with Gasteiger partial charge in [0.2, 0.25) is 0 Å². The highest BCUT2D eigenvalue weighted by Crippen LogP contribution is 2.17. The van der Waals surface area contributed by atoms with Crippen molar-refractivity contribution in [2.75, 3.05) is 0 Å². The zero-order chi connectivity index (χ0) is 12.1. The van der Waals surface area contributed by atoms with Crippen LogP contribution in [0.5, 0.6) is 0 Å². The number of hydrogen-bond donors (Lipinski definition) is 3. The third kappa shape index (κ3) is 3.94. The molecule has 0 spiro atoms. The summed E-state index contributed by atoms with van der Waals surface area (Å²) in [7, 11) is 0. The number of nitrogens with one attached hydrogen (secondary N) is 3. The Morgan fingerprint density at radius 1 is 1.18 bits per heavy atom. The average Bonchev–Trinajstić information content (AvgIpc) is 2.38. The second-order valence-corrected chi connectivity index (χ2v) is 5.17. The maximum absolute atomic E-state index is 11.8. The lowest BCUT2D eigenvalue weighted by atomic mass is 9.96. The number of rotatable bonds is 3. The number of hydroxylamine groups is 1. The molecule has 0 aromatic rings. The van der Waals surface area contributed by atoms with Gasteiger partial charge in [0.25, 0.3) is 5.91 Å². The van der Waals surface area contributed by atoms with Crippen LogP contribution in [-0.4, -0.2) is 24.1 Å². The molecule has 0 aromatic heterocycles. The minimum atomic E-state index is -0.359. The van der Waals surface area contributed by atoms with Crippen LogP contribution < -0.4 is 16.3 Å². The Morgan fingerprint density at radius 2 is 1.94 bits per heavy atom. The zero-order valence-electron chi connectivity index (χ0n) is 10.5. The summed E-state index contributed by atoms with van der Waals surface area (Å²) in [4.78, 5) is 17.1. The van der Waals surface area contributed by atoms with Crippen LogP contribution in [0.1, 0.15) is 51.9 Å². The molecule has 1 saturated carbocycles. The maximum atomic E-state index is 11.8. The van der Waals surface area contributed by atoms with E-state index in [2.05, 4.69) is 23.3 Å². The van der Waals surface area contributed by atoms with Gasteiger partial charge < -0.3 is 0 Å². The van der Waals surface area contributed by atoms with Crippen molar-refractivity contribution in [1.29, 1.82) is 0 Å². The van der Waals surface area contributed by atoms with Crippen LogP contribution in [0, 0.1) is 0 Å². The van der Waals surface area contributed by atoms with Gasteiger partial charge >= 0.3 is 0 Å². The van der Waals surface area contributed by atoms with Gasteiger partial charge in [-0.05, 0) is 32.6 Å². The summed E-state index contributed by atoms with van der Waals surface area (Å²) in [6.07, 6.45) is 7.54. The molecule has 2 rings (SSSR count). The Balaban J connectivity index is 1.66. The minimum absolute atomic E-state index is 0.0602. The van der Waals surface area contributed by atoms with E-state index in [4.69, 9.17) is 4.84 Å². The van der Waals surface area contributed by atoms with Crippen LogP contribution in [0.2, 0.25) is 0 Å². The van der Waals surface area contributed by atoms with Gasteiger partial charge in [0.15, 0.2) is 6.10 Å². The predicted octanol–water partition coefficient (Wildman–Crippen LogP) is 1.01. The third-order valence-corrected chi connectivity index (χ3v) is 3.57. The summed E-state index contributed by atoms with van der Waals surface area (Å²) >= 11 is 0. The van der Waals surface area contributed by atoms with Crippen molar-refractivity contribution in [3.8, 4) is 0 Å². The fourth-order valence-corrected chi connectivity index (χ4v) is 2.40. The third-order valence-electron chi connectivity index (χ3n) is 3.57. The van der Waals surface area contributed by atoms with Crippen molar-refractivity contribution in [2.45, 2.75) is 70.1 Å². The van der Waals surface area contributed by atoms with Gasteiger partial charge in [-0.2, -0.15) is 5.48 Å². The fourth-order valence-electron chi connectivity index (χ4n) is 2.40. The fraction of sp³-hybridized carbons (Fsp3) is 0.917. The first-order chi connectivity index (χ1) is 8.25. The molecular formula is C12H23N3O2. The lowest BCUT2D eigenvalue weighted by Gasteiger charge is -2.28. The Labute approximate surface area is 103 Å². The Kier molecular flexibility index (Phi) is 4.76. The Bertz CT molecular complexity index is 246. The molecule has 0 bridgehead atoms. The number of carbonyl (C=O) groups is 1. The van der Waals surface area contributed by atoms with E-state index in [1.165, 1.54) is 19.3 Å². The molecule has 98 valence electrons. The van der Waals surface area contributed by atoms with Gasteiger partial charge in [0, 0.05) is 12.1 Å². The van der Waals surface area contributed by atoms with Crippen molar-refractivity contribution >= 4 is 5.91 Å². The molecule has 1 aliphatic carbocycles. The second kappa shape index (κ2) is 6.33. The summed E-state index contributed by atoms with van der Waals surface area (Å²) in [5.41, 5.74) is 8.77. The molecule has 5 heteroatoms. The van der Waals surface area contributed by atoms with E-state index >= 15 is 0 Å². The van der Waals surface area contributed by atoms with Crippen molar-refractivity contribution in [3.05, 3.63) is 0 Å². The van der Waals surface area contributed by atoms with E-state index < -0.39 is 0 Å². The van der Waals surface area contributed by atoms with Gasteiger partial charge in [-0.3, -0.25) is 15.1 Å². The molecule has 1 aliphatic heterocycles. The first-order valence-electron chi connectivity index (χ1n) is 6.72. The normalized spacial score (nSPS) is 31.1. The summed E-state index contributed by atoms with van der Waals surface area (Å²) in [6.45, 7) is 2.05. The molecule has 2 aliphatic rings. The van der Waals surface area contributed by atoms with Crippen LogP contribution in [0.3, 0.4) is 0 Å². The minimum Gasteiger partial charge on any atom is -0.289 e. The first kappa shape index (κ1) is 12.8. The highest BCUT2D eigenvalue weighted by Gasteiger charge is 2.25. The Hall–Kier alpha value is -0.650. The molecule has 1 amide bonds. The van der Waals surface area contributed by atoms with Gasteiger partial charge in [-0.25, -0.2) is 5.43 Å². The average molecular weight is 241 g/mol. The topological polar surface area (TPSA) is 62.4 Å². The summed E-state index contributed by atoms with van der Waals surface area (Å²) in [6, 6.07) is 0.772. The van der Waals surface area contributed by atoms with Crippen LogP contribution >= 0.6 is 0 Å². The largest absolute Gasteiger partial charge is 0.289 e. The van der Waals surface area contributed by atoms with Crippen LogP contribution in [0.15, 0.2) is 0 Å². The predicted molar refractivity (Wildman–Crippen MR) is 64.9 cm³/mol. The summed E-state index contributed by atoms with van der Waals surface area (Å²) < 4.78 is 0. The van der Waals surface area contributed by atoms with Crippen molar-refractivity contribution < 1.29 is 9.63 Å². The van der Waals surface area contributed by atoms with Crippen molar-refractivity contribution in [2.24, 2.45) is 0 Å². The molecule has 17 heavy (non-hydrogen) atoms. The second-order valence-electron chi connectivity index (χ2n) is 5.17. The lowest BCUT2D eigenvalue weighted by molar-refractivity contribution is -0.147. The zero-order valence-corrected chi connectivity index (χ0v) is 10.5. The number of carbonyl (C=O) groups excluding carboxylic acids is 1. The molecule has 0 aromatic carbocycles. The summed E-state index contributed by atoms with van der Waals surface area (Å²) in [5, 5.41) is 0.